The Hall–Kier alpha value is -2.13. The van der Waals surface area contributed by atoms with E-state index in [1.165, 1.54) is 18.0 Å². The lowest BCUT2D eigenvalue weighted by atomic mass is 9.87. The second-order valence-electron chi connectivity index (χ2n) is 10.3. The molecule has 0 bridgehead atoms. The number of carboxylic acid groups (broad SMARTS) is 1. The molecule has 0 amide bonds. The molecule has 1 aliphatic heterocycles. The molecule has 0 fully saturated rings. The monoisotopic (exact) mass is 533 g/mol. The third kappa shape index (κ3) is 6.05. The van der Waals surface area contributed by atoms with Gasteiger partial charge in [0, 0.05) is 18.3 Å². The summed E-state index contributed by atoms with van der Waals surface area (Å²) in [5.41, 5.74) is 1.26. The molecule has 0 spiro atoms. The van der Waals surface area contributed by atoms with Crippen LogP contribution in [0.2, 0.25) is 0 Å². The highest BCUT2D eigenvalue weighted by molar-refractivity contribution is 8.25. The molecule has 36 heavy (non-hydrogen) atoms. The van der Waals surface area contributed by atoms with Gasteiger partial charge in [0.2, 0.25) is 0 Å². The molecule has 198 valence electrons. The summed E-state index contributed by atoms with van der Waals surface area (Å²) in [6.07, 6.45) is 6.16. The van der Waals surface area contributed by atoms with Gasteiger partial charge in [-0.1, -0.05) is 58.7 Å². The molecule has 0 aromatic heterocycles. The number of ether oxygens (including phenoxy) is 1. The van der Waals surface area contributed by atoms with E-state index in [2.05, 4.69) is 11.8 Å². The molecule has 2 atom stereocenters. The minimum Gasteiger partial charge on any atom is -0.478 e. The first-order valence-corrected chi connectivity index (χ1v) is 15.2. The number of nitrogens with zero attached hydrogens (tertiary/aromatic N) is 1. The van der Waals surface area contributed by atoms with Gasteiger partial charge in [0.15, 0.2) is 0 Å². The van der Waals surface area contributed by atoms with E-state index in [1.807, 2.05) is 70.3 Å². The van der Waals surface area contributed by atoms with Gasteiger partial charge in [-0.2, -0.15) is 10.6 Å². The van der Waals surface area contributed by atoms with Crippen LogP contribution in [0, 0.1) is 11.3 Å². The second-order valence-corrected chi connectivity index (χ2v) is 13.5. The fraction of sp³-hybridized carbons (Fsp3) is 0.464. The van der Waals surface area contributed by atoms with E-state index in [0.29, 0.717) is 17.2 Å². The molecule has 0 aliphatic carbocycles. The number of rotatable bonds is 8. The van der Waals surface area contributed by atoms with Crippen LogP contribution >= 0.6 is 22.4 Å². The maximum atomic E-state index is 11.8. The molecule has 0 saturated heterocycles. The molecular formula is C28H39NO5S2. The number of aliphatic carboxylic acids is 1. The van der Waals surface area contributed by atoms with E-state index >= 15 is 0 Å². The maximum Gasteiger partial charge on any atom is 0.335 e. The number of hydrogen-bond donors (Lipinski definition) is 3. The van der Waals surface area contributed by atoms with Gasteiger partial charge in [0.05, 0.1) is 26.3 Å². The highest BCUT2D eigenvalue weighted by atomic mass is 32.3. The molecule has 0 radical (unpaired) electrons. The van der Waals surface area contributed by atoms with Crippen molar-refractivity contribution in [2.75, 3.05) is 17.7 Å². The first kappa shape index (κ1) is 28.4. The summed E-state index contributed by atoms with van der Waals surface area (Å²) in [7, 11) is -3.18. The number of benzene rings is 2. The number of unbranched alkanes of at least 4 members (excludes halogenated alkanes) is 1. The molecule has 2 unspecified atom stereocenters. The maximum absolute atomic E-state index is 11.8. The van der Waals surface area contributed by atoms with Crippen LogP contribution in [0.1, 0.15) is 53.9 Å². The molecule has 1 heterocycles. The van der Waals surface area contributed by atoms with E-state index in [9.17, 15) is 19.0 Å². The topological polar surface area (TPSA) is 90.2 Å². The summed E-state index contributed by atoms with van der Waals surface area (Å²) in [6.45, 7) is 10.2. The fourth-order valence-corrected chi connectivity index (χ4v) is 6.95. The van der Waals surface area contributed by atoms with Crippen molar-refractivity contribution < 1.29 is 23.7 Å². The van der Waals surface area contributed by atoms with Crippen LogP contribution in [-0.4, -0.2) is 38.2 Å². The van der Waals surface area contributed by atoms with Gasteiger partial charge in [0.25, 0.3) is 0 Å². The third-order valence-corrected chi connectivity index (χ3v) is 9.95. The van der Waals surface area contributed by atoms with Gasteiger partial charge in [-0.15, -0.1) is 11.8 Å². The molecule has 1 aliphatic rings. The van der Waals surface area contributed by atoms with Gasteiger partial charge in [-0.25, -0.2) is 4.79 Å². The average Bonchev–Trinajstić information content (AvgIpc) is 2.90. The second kappa shape index (κ2) is 11.5. The van der Waals surface area contributed by atoms with Gasteiger partial charge in [-0.05, 0) is 49.1 Å². The van der Waals surface area contributed by atoms with Crippen molar-refractivity contribution in [2.24, 2.45) is 11.3 Å². The number of fused-ring (bicyclic) bond motifs is 1. The van der Waals surface area contributed by atoms with Crippen molar-refractivity contribution in [2.45, 2.75) is 68.9 Å². The SMILES string of the molecule is CCCCC1CN(c2ccccc2)c2cc(SC)c(O/C=C(/C(=O)O)C(C)(C)C)cc2S(O)(O)C1C. The third-order valence-electron chi connectivity index (χ3n) is 6.80. The molecule has 6 nitrogen and oxygen atoms in total. The number of thioether (sulfide) groups is 1. The molecule has 2 aromatic rings. The predicted octanol–water partition coefficient (Wildman–Crippen LogP) is 8.26. The van der Waals surface area contributed by atoms with Crippen LogP contribution in [0.3, 0.4) is 0 Å². The van der Waals surface area contributed by atoms with E-state index in [0.717, 1.165) is 35.5 Å². The molecule has 3 rings (SSSR count). The van der Waals surface area contributed by atoms with E-state index in [-0.39, 0.29) is 16.7 Å². The van der Waals surface area contributed by atoms with Gasteiger partial charge >= 0.3 is 5.97 Å². The summed E-state index contributed by atoms with van der Waals surface area (Å²) in [5.74, 6) is -0.546. The standard InChI is InChI=1S/C28H39NO5S2/c1-7-8-12-20-17-29(21-13-10-9-11-14-21)23-15-25(35-6)24(16-26(23)36(32,33)19(20)2)34-18-22(27(30)31)28(3,4)5/h9-11,13-16,18-20,32-33H,7-8,12,17H2,1-6H3,(H,30,31)/b22-18-. The van der Waals surface area contributed by atoms with Crippen LogP contribution in [-0.2, 0) is 4.79 Å². The lowest BCUT2D eigenvalue weighted by Gasteiger charge is -2.41. The molecule has 2 aromatic carbocycles. The Bertz CT molecular complexity index is 1100. The normalized spacial score (nSPS) is 20.9. The first-order valence-electron chi connectivity index (χ1n) is 12.3. The summed E-state index contributed by atoms with van der Waals surface area (Å²) in [5, 5.41) is 9.34. The number of anilines is 2. The Morgan fingerprint density at radius 2 is 1.89 bits per heavy atom. The first-order chi connectivity index (χ1) is 16.9. The average molecular weight is 534 g/mol. The van der Waals surface area contributed by atoms with Crippen LogP contribution in [0.4, 0.5) is 11.4 Å². The quantitative estimate of drug-likeness (QED) is 0.179. The van der Waals surface area contributed by atoms with Crippen molar-refractivity contribution in [1.82, 2.24) is 0 Å². The minimum absolute atomic E-state index is 0.0871. The smallest absolute Gasteiger partial charge is 0.335 e. The number of hydrogen-bond acceptors (Lipinski definition) is 6. The van der Waals surface area contributed by atoms with Gasteiger partial charge in [0.1, 0.15) is 12.0 Å². The predicted molar refractivity (Wildman–Crippen MR) is 151 cm³/mol. The number of carboxylic acids is 1. The van der Waals surface area contributed by atoms with E-state index < -0.39 is 22.0 Å². The van der Waals surface area contributed by atoms with Crippen LogP contribution in [0.15, 0.2) is 64.1 Å². The van der Waals surface area contributed by atoms with E-state index in [1.54, 1.807) is 6.07 Å². The Labute approximate surface area is 221 Å². The van der Waals surface area contributed by atoms with Crippen molar-refractivity contribution in [3.05, 3.63) is 54.3 Å². The Kier molecular flexibility index (Phi) is 9.09. The highest BCUT2D eigenvalue weighted by Gasteiger charge is 2.39. The summed E-state index contributed by atoms with van der Waals surface area (Å²) in [4.78, 5) is 15.2. The van der Waals surface area contributed by atoms with Crippen LogP contribution in [0.25, 0.3) is 0 Å². The van der Waals surface area contributed by atoms with Gasteiger partial charge < -0.3 is 14.7 Å². The Balaban J connectivity index is 2.20. The molecule has 8 heteroatoms. The Morgan fingerprint density at radius 1 is 1.22 bits per heavy atom. The van der Waals surface area contributed by atoms with Crippen molar-refractivity contribution in [3.63, 3.8) is 0 Å². The molecule has 3 N–H and O–H groups in total. The van der Waals surface area contributed by atoms with E-state index in [4.69, 9.17) is 4.74 Å². The van der Waals surface area contributed by atoms with Gasteiger partial charge in [-0.3, -0.25) is 9.11 Å². The number of carbonyl (C=O) groups is 1. The van der Waals surface area contributed by atoms with Crippen LogP contribution < -0.4 is 9.64 Å². The molecule has 0 saturated carbocycles. The summed E-state index contributed by atoms with van der Waals surface area (Å²) in [6, 6.07) is 13.7. The fourth-order valence-electron chi connectivity index (χ4n) is 4.50. The number of para-hydroxylation sites is 1. The highest BCUT2D eigenvalue weighted by Crippen LogP contribution is 2.62. The minimum atomic E-state index is -3.18. The summed E-state index contributed by atoms with van der Waals surface area (Å²) >= 11 is 1.47. The van der Waals surface area contributed by atoms with Crippen LogP contribution in [0.5, 0.6) is 5.75 Å². The van der Waals surface area contributed by atoms with Crippen molar-refractivity contribution in [1.29, 1.82) is 0 Å². The summed E-state index contributed by atoms with van der Waals surface area (Å²) < 4.78 is 29.2. The zero-order chi connectivity index (χ0) is 26.7. The van der Waals surface area contributed by atoms with Crippen molar-refractivity contribution >= 4 is 39.7 Å². The van der Waals surface area contributed by atoms with Crippen molar-refractivity contribution in [3.8, 4) is 5.75 Å². The lowest BCUT2D eigenvalue weighted by Crippen LogP contribution is -2.30. The zero-order valence-corrected chi connectivity index (χ0v) is 23.7. The zero-order valence-electron chi connectivity index (χ0n) is 22.0. The molecular weight excluding hydrogens is 494 g/mol. The largest absolute Gasteiger partial charge is 0.478 e. The Morgan fingerprint density at radius 3 is 2.44 bits per heavy atom. The lowest BCUT2D eigenvalue weighted by molar-refractivity contribution is -0.133.